The van der Waals surface area contributed by atoms with E-state index in [1.807, 2.05) is 0 Å². The van der Waals surface area contributed by atoms with Crippen LogP contribution in [0.1, 0.15) is 5.76 Å². The number of imide groups is 1. The van der Waals surface area contributed by atoms with Gasteiger partial charge in [-0.1, -0.05) is 11.6 Å². The second-order valence-corrected chi connectivity index (χ2v) is 8.47. The number of anilines is 1. The SMILES string of the molecule is O=C(CN1C(=O)S/C(=C/c2ccc(-c3ccc(Cl)c([N+](=O)[O-])c3)o2)C1=O)Nc1ccc(F)cc1F. The molecule has 4 rings (SSSR count). The lowest BCUT2D eigenvalue weighted by atomic mass is 10.1. The third kappa shape index (κ3) is 5.23. The van der Waals surface area contributed by atoms with Gasteiger partial charge in [0.25, 0.3) is 16.8 Å². The van der Waals surface area contributed by atoms with Crippen LogP contribution >= 0.6 is 23.4 Å². The molecule has 2 aromatic carbocycles. The number of rotatable bonds is 6. The van der Waals surface area contributed by atoms with E-state index in [9.17, 15) is 33.3 Å². The molecule has 1 aromatic heterocycles. The van der Waals surface area contributed by atoms with Gasteiger partial charge in [0.2, 0.25) is 5.91 Å². The van der Waals surface area contributed by atoms with Crippen LogP contribution in [0.3, 0.4) is 0 Å². The van der Waals surface area contributed by atoms with Crippen molar-refractivity contribution in [3.05, 3.63) is 86.0 Å². The van der Waals surface area contributed by atoms with Crippen molar-refractivity contribution >= 4 is 57.9 Å². The lowest BCUT2D eigenvalue weighted by molar-refractivity contribution is -0.384. The number of carbonyl (C=O) groups excluding carboxylic acids is 3. The number of nitrogens with zero attached hydrogens (tertiary/aromatic N) is 2. The number of nitro benzene ring substituents is 1. The van der Waals surface area contributed by atoms with E-state index >= 15 is 0 Å². The monoisotopic (exact) mass is 519 g/mol. The number of carbonyl (C=O) groups is 3. The number of hydrogen-bond acceptors (Lipinski definition) is 7. The average Bonchev–Trinajstić information content (AvgIpc) is 3.36. The molecular formula is C22H12ClF2N3O6S. The van der Waals surface area contributed by atoms with Crippen LogP contribution in [-0.2, 0) is 9.59 Å². The van der Waals surface area contributed by atoms with Crippen LogP contribution in [0.4, 0.5) is 25.0 Å². The molecule has 0 spiro atoms. The number of nitro groups is 1. The molecule has 1 aliphatic heterocycles. The molecule has 2 heterocycles. The maximum absolute atomic E-state index is 13.7. The number of thioether (sulfide) groups is 1. The largest absolute Gasteiger partial charge is 0.457 e. The Bertz CT molecular complexity index is 1420. The summed E-state index contributed by atoms with van der Waals surface area (Å²) in [7, 11) is 0. The predicted molar refractivity (Wildman–Crippen MR) is 123 cm³/mol. The molecule has 1 saturated heterocycles. The summed E-state index contributed by atoms with van der Waals surface area (Å²) in [4.78, 5) is 48.2. The van der Waals surface area contributed by atoms with E-state index in [0.717, 1.165) is 12.1 Å². The molecule has 1 aliphatic rings. The molecule has 0 atom stereocenters. The normalized spacial score (nSPS) is 14.6. The summed E-state index contributed by atoms with van der Waals surface area (Å²) in [5.74, 6) is -3.02. The molecule has 0 unspecified atom stereocenters. The second kappa shape index (κ2) is 9.68. The highest BCUT2D eigenvalue weighted by Gasteiger charge is 2.36. The summed E-state index contributed by atoms with van der Waals surface area (Å²) < 4.78 is 32.3. The fourth-order valence-corrected chi connectivity index (χ4v) is 4.09. The lowest BCUT2D eigenvalue weighted by Crippen LogP contribution is -2.36. The first-order valence-corrected chi connectivity index (χ1v) is 10.9. The van der Waals surface area contributed by atoms with Gasteiger partial charge in [-0.3, -0.25) is 29.4 Å². The Hall–Kier alpha value is -4.03. The molecule has 0 bridgehead atoms. The van der Waals surface area contributed by atoms with Crippen molar-refractivity contribution in [2.24, 2.45) is 0 Å². The summed E-state index contributed by atoms with van der Waals surface area (Å²) in [5, 5.41) is 12.5. The van der Waals surface area contributed by atoms with E-state index in [1.165, 1.54) is 36.4 Å². The molecule has 0 aliphatic carbocycles. The van der Waals surface area contributed by atoms with Gasteiger partial charge >= 0.3 is 0 Å². The molecule has 3 aromatic rings. The molecule has 35 heavy (non-hydrogen) atoms. The first-order chi connectivity index (χ1) is 16.6. The van der Waals surface area contributed by atoms with Crippen molar-refractivity contribution in [3.8, 4) is 11.3 Å². The number of hydrogen-bond donors (Lipinski definition) is 1. The smallest absolute Gasteiger partial charge is 0.294 e. The third-order valence-electron chi connectivity index (χ3n) is 4.71. The highest BCUT2D eigenvalue weighted by atomic mass is 35.5. The second-order valence-electron chi connectivity index (χ2n) is 7.07. The van der Waals surface area contributed by atoms with Crippen LogP contribution in [0.2, 0.25) is 5.02 Å². The van der Waals surface area contributed by atoms with Gasteiger partial charge in [0.05, 0.1) is 15.5 Å². The maximum Gasteiger partial charge on any atom is 0.294 e. The van der Waals surface area contributed by atoms with Gasteiger partial charge in [-0.25, -0.2) is 8.78 Å². The molecule has 13 heteroatoms. The Kier molecular flexibility index (Phi) is 6.67. The maximum atomic E-state index is 13.7. The van der Waals surface area contributed by atoms with Crippen LogP contribution in [0, 0.1) is 21.7 Å². The summed E-state index contributed by atoms with van der Waals surface area (Å²) in [6, 6.07) is 9.67. The number of benzene rings is 2. The van der Waals surface area contributed by atoms with Gasteiger partial charge < -0.3 is 9.73 Å². The molecule has 1 fully saturated rings. The van der Waals surface area contributed by atoms with E-state index in [1.54, 1.807) is 0 Å². The summed E-state index contributed by atoms with van der Waals surface area (Å²) in [6.07, 6.45) is 1.29. The molecule has 1 N–H and O–H groups in total. The zero-order valence-corrected chi connectivity index (χ0v) is 18.9. The summed E-state index contributed by atoms with van der Waals surface area (Å²) >= 11 is 6.39. The predicted octanol–water partition coefficient (Wildman–Crippen LogP) is 5.46. The van der Waals surface area contributed by atoms with Crippen LogP contribution in [0.5, 0.6) is 0 Å². The van der Waals surface area contributed by atoms with Crippen molar-refractivity contribution in [1.29, 1.82) is 0 Å². The van der Waals surface area contributed by atoms with Crippen molar-refractivity contribution in [3.63, 3.8) is 0 Å². The molecule has 3 amide bonds. The van der Waals surface area contributed by atoms with Crippen molar-refractivity contribution in [1.82, 2.24) is 4.90 Å². The minimum atomic E-state index is -1.01. The van der Waals surface area contributed by atoms with Crippen LogP contribution < -0.4 is 5.32 Å². The Labute approximate surface area is 204 Å². The Balaban J connectivity index is 1.47. The standard InChI is InChI=1S/C22H12ClF2N3O6S/c23-14-4-1-11(7-17(14)28(32)33)18-6-3-13(34-18)9-19-21(30)27(22(31)35-19)10-20(29)26-16-5-2-12(24)8-15(16)25/h1-9H,10H2,(H,26,29)/b19-9+. The van der Waals surface area contributed by atoms with Crippen molar-refractivity contribution in [2.45, 2.75) is 0 Å². The van der Waals surface area contributed by atoms with Gasteiger partial charge in [-0.05, 0) is 48.2 Å². The fraction of sp³-hybridized carbons (Fsp3) is 0.0455. The highest BCUT2D eigenvalue weighted by Crippen LogP contribution is 2.35. The average molecular weight is 520 g/mol. The van der Waals surface area contributed by atoms with E-state index in [2.05, 4.69) is 5.32 Å². The lowest BCUT2D eigenvalue weighted by Gasteiger charge is -2.12. The van der Waals surface area contributed by atoms with Crippen LogP contribution in [0.15, 0.2) is 57.9 Å². The summed E-state index contributed by atoms with van der Waals surface area (Å²) in [5.41, 5.74) is -0.231. The fourth-order valence-electron chi connectivity index (χ4n) is 3.08. The molecule has 178 valence electrons. The zero-order chi connectivity index (χ0) is 25.3. The number of amides is 3. The number of halogens is 3. The van der Waals surface area contributed by atoms with Gasteiger partial charge in [0, 0.05) is 23.8 Å². The topological polar surface area (TPSA) is 123 Å². The van der Waals surface area contributed by atoms with E-state index in [-0.39, 0.29) is 32.8 Å². The Morgan fingerprint density at radius 3 is 2.66 bits per heavy atom. The first-order valence-electron chi connectivity index (χ1n) is 9.67. The zero-order valence-electron chi connectivity index (χ0n) is 17.3. The number of nitrogens with one attached hydrogen (secondary N) is 1. The molecule has 0 radical (unpaired) electrons. The van der Waals surface area contributed by atoms with Crippen molar-refractivity contribution < 1.29 is 32.5 Å². The van der Waals surface area contributed by atoms with Gasteiger partial charge in [0.1, 0.15) is 34.7 Å². The minimum Gasteiger partial charge on any atom is -0.457 e. The van der Waals surface area contributed by atoms with Gasteiger partial charge in [-0.2, -0.15) is 0 Å². The Morgan fingerprint density at radius 1 is 1.17 bits per heavy atom. The molecule has 0 saturated carbocycles. The van der Waals surface area contributed by atoms with E-state index < -0.39 is 40.2 Å². The summed E-state index contributed by atoms with van der Waals surface area (Å²) in [6.45, 7) is -0.684. The first kappa shape index (κ1) is 24.1. The molecular weight excluding hydrogens is 508 g/mol. The quantitative estimate of drug-likeness (QED) is 0.260. The van der Waals surface area contributed by atoms with E-state index in [0.29, 0.717) is 28.3 Å². The molecule has 9 nitrogen and oxygen atoms in total. The van der Waals surface area contributed by atoms with Crippen molar-refractivity contribution in [2.75, 3.05) is 11.9 Å². The van der Waals surface area contributed by atoms with Gasteiger partial charge in [-0.15, -0.1) is 0 Å². The minimum absolute atomic E-state index is 0.0289. The Morgan fingerprint density at radius 2 is 1.94 bits per heavy atom. The van der Waals surface area contributed by atoms with Crippen LogP contribution in [0.25, 0.3) is 17.4 Å². The number of furan rings is 1. The third-order valence-corrected chi connectivity index (χ3v) is 5.94. The highest BCUT2D eigenvalue weighted by molar-refractivity contribution is 8.18. The van der Waals surface area contributed by atoms with E-state index in [4.69, 9.17) is 16.0 Å². The van der Waals surface area contributed by atoms with Crippen LogP contribution in [-0.4, -0.2) is 33.4 Å². The van der Waals surface area contributed by atoms with Gasteiger partial charge in [0.15, 0.2) is 0 Å².